The molecule has 0 spiro atoms. The number of pyridine rings is 1. The summed E-state index contributed by atoms with van der Waals surface area (Å²) in [5.41, 5.74) is 0. The smallest absolute Gasteiger partial charge is 0.244 e. The predicted molar refractivity (Wildman–Crippen MR) is 61.8 cm³/mol. The Morgan fingerprint density at radius 3 is 2.59 bits per heavy atom. The summed E-state index contributed by atoms with van der Waals surface area (Å²) in [6, 6.07) is 3.14. The third kappa shape index (κ3) is 2.53. The molecule has 1 saturated heterocycles. The van der Waals surface area contributed by atoms with Crippen LogP contribution in [0, 0.1) is 5.92 Å². The van der Waals surface area contributed by atoms with Crippen molar-refractivity contribution in [2.75, 3.05) is 13.1 Å². The average Bonchev–Trinajstić information content (AvgIpc) is 2.40. The molecule has 0 N–H and O–H groups in total. The van der Waals surface area contributed by atoms with Gasteiger partial charge in [-0.3, -0.25) is 4.98 Å². The zero-order valence-electron chi connectivity index (χ0n) is 9.32. The molecule has 0 atom stereocenters. The second kappa shape index (κ2) is 4.93. The number of carbonyl (C=O) groups excluding carboxylic acids is 1. The second-order valence-electron chi connectivity index (χ2n) is 4.07. The summed E-state index contributed by atoms with van der Waals surface area (Å²) >= 11 is 0. The Morgan fingerprint density at radius 2 is 2.06 bits per heavy atom. The molecule has 92 valence electrons. The van der Waals surface area contributed by atoms with Gasteiger partial charge in [0.2, 0.25) is 10.0 Å². The Balaban J connectivity index is 2.16. The fourth-order valence-electron chi connectivity index (χ4n) is 1.90. The molecule has 1 aliphatic heterocycles. The average molecular weight is 254 g/mol. The summed E-state index contributed by atoms with van der Waals surface area (Å²) in [7, 11) is -3.44. The van der Waals surface area contributed by atoms with E-state index in [1.807, 2.05) is 0 Å². The van der Waals surface area contributed by atoms with Gasteiger partial charge in [0.05, 0.1) is 0 Å². The quantitative estimate of drug-likeness (QED) is 0.744. The molecule has 5 nitrogen and oxygen atoms in total. The van der Waals surface area contributed by atoms with Crippen LogP contribution in [0.4, 0.5) is 0 Å². The summed E-state index contributed by atoms with van der Waals surface area (Å²) in [5, 5.41) is 0. The van der Waals surface area contributed by atoms with E-state index in [4.69, 9.17) is 0 Å². The Morgan fingerprint density at radius 1 is 1.35 bits per heavy atom. The first-order valence-corrected chi connectivity index (χ1v) is 6.94. The van der Waals surface area contributed by atoms with Crippen LogP contribution < -0.4 is 0 Å². The number of carbonyl (C=O) groups is 1. The molecular formula is C11H14N2O3S. The van der Waals surface area contributed by atoms with Crippen molar-refractivity contribution in [1.29, 1.82) is 0 Å². The molecule has 17 heavy (non-hydrogen) atoms. The van der Waals surface area contributed by atoms with Crippen LogP contribution in [0.5, 0.6) is 0 Å². The van der Waals surface area contributed by atoms with E-state index in [-0.39, 0.29) is 10.8 Å². The van der Waals surface area contributed by atoms with Gasteiger partial charge in [-0.25, -0.2) is 8.42 Å². The van der Waals surface area contributed by atoms with E-state index in [0.717, 1.165) is 6.29 Å². The van der Waals surface area contributed by atoms with Gasteiger partial charge < -0.3 is 4.79 Å². The summed E-state index contributed by atoms with van der Waals surface area (Å²) in [6.07, 6.45) is 5.00. The molecule has 0 aromatic carbocycles. The molecule has 0 bridgehead atoms. The zero-order valence-corrected chi connectivity index (χ0v) is 10.1. The lowest BCUT2D eigenvalue weighted by molar-refractivity contribution is -0.112. The fraction of sp³-hybridized carbons (Fsp3) is 0.455. The number of aldehydes is 1. The SMILES string of the molecule is O=CC1CCN(S(=O)(=O)c2cccnc2)CC1. The number of hydrogen-bond donors (Lipinski definition) is 0. The maximum atomic E-state index is 12.2. The van der Waals surface area contributed by atoms with Crippen molar-refractivity contribution in [2.24, 2.45) is 5.92 Å². The van der Waals surface area contributed by atoms with Crippen molar-refractivity contribution in [2.45, 2.75) is 17.7 Å². The standard InChI is InChI=1S/C11H14N2O3S/c14-9-10-3-6-13(7-4-10)17(15,16)11-2-1-5-12-8-11/h1-2,5,8-10H,3-4,6-7H2. The van der Waals surface area contributed by atoms with Gasteiger partial charge in [-0.1, -0.05) is 0 Å². The molecule has 0 saturated carbocycles. The topological polar surface area (TPSA) is 67.3 Å². The highest BCUT2D eigenvalue weighted by Crippen LogP contribution is 2.21. The van der Waals surface area contributed by atoms with Crippen LogP contribution in [0.15, 0.2) is 29.4 Å². The van der Waals surface area contributed by atoms with Crippen LogP contribution in [0.3, 0.4) is 0 Å². The molecule has 1 aromatic heterocycles. The Hall–Kier alpha value is -1.27. The van der Waals surface area contributed by atoms with Gasteiger partial charge in [-0.05, 0) is 25.0 Å². The lowest BCUT2D eigenvalue weighted by Crippen LogP contribution is -2.38. The predicted octanol–water partition coefficient (Wildman–Crippen LogP) is 0.681. The Kier molecular flexibility index (Phi) is 3.54. The van der Waals surface area contributed by atoms with Crippen LogP contribution in [0.1, 0.15) is 12.8 Å². The lowest BCUT2D eigenvalue weighted by atomic mass is 10.0. The van der Waals surface area contributed by atoms with E-state index in [9.17, 15) is 13.2 Å². The number of nitrogens with zero attached hydrogens (tertiary/aromatic N) is 2. The number of piperidine rings is 1. The van der Waals surface area contributed by atoms with Crippen LogP contribution in [-0.4, -0.2) is 37.1 Å². The molecule has 1 aromatic rings. The normalized spacial score (nSPS) is 19.1. The Bertz CT molecular complexity index is 479. The highest BCUT2D eigenvalue weighted by molar-refractivity contribution is 7.89. The van der Waals surface area contributed by atoms with Gasteiger partial charge in [0.25, 0.3) is 0 Å². The van der Waals surface area contributed by atoms with E-state index in [1.54, 1.807) is 6.07 Å². The number of rotatable bonds is 3. The zero-order chi connectivity index (χ0) is 12.3. The number of aromatic nitrogens is 1. The van der Waals surface area contributed by atoms with Gasteiger partial charge in [0, 0.05) is 31.4 Å². The first-order chi connectivity index (χ1) is 8.14. The monoisotopic (exact) mass is 254 g/mol. The fourth-order valence-corrected chi connectivity index (χ4v) is 3.34. The van der Waals surface area contributed by atoms with Gasteiger partial charge in [-0.15, -0.1) is 0 Å². The van der Waals surface area contributed by atoms with Crippen molar-refractivity contribution < 1.29 is 13.2 Å². The van der Waals surface area contributed by atoms with Crippen LogP contribution in [0.2, 0.25) is 0 Å². The highest BCUT2D eigenvalue weighted by Gasteiger charge is 2.29. The molecule has 2 rings (SSSR count). The maximum Gasteiger partial charge on any atom is 0.244 e. The third-order valence-corrected chi connectivity index (χ3v) is 4.85. The molecule has 0 aliphatic carbocycles. The Labute approximate surface area is 101 Å². The van der Waals surface area contributed by atoms with Gasteiger partial charge in [-0.2, -0.15) is 4.31 Å². The van der Waals surface area contributed by atoms with Crippen molar-refractivity contribution in [3.05, 3.63) is 24.5 Å². The summed E-state index contributed by atoms with van der Waals surface area (Å²) < 4.78 is 25.8. The molecule has 0 amide bonds. The molecule has 2 heterocycles. The van der Waals surface area contributed by atoms with Crippen molar-refractivity contribution in [1.82, 2.24) is 9.29 Å². The molecular weight excluding hydrogens is 240 g/mol. The van der Waals surface area contributed by atoms with E-state index in [2.05, 4.69) is 4.98 Å². The molecule has 1 aliphatic rings. The van der Waals surface area contributed by atoms with Crippen LogP contribution in [0.25, 0.3) is 0 Å². The van der Waals surface area contributed by atoms with E-state index < -0.39 is 10.0 Å². The van der Waals surface area contributed by atoms with Crippen molar-refractivity contribution in [3.63, 3.8) is 0 Å². The van der Waals surface area contributed by atoms with E-state index >= 15 is 0 Å². The number of hydrogen-bond acceptors (Lipinski definition) is 4. The van der Waals surface area contributed by atoms with Gasteiger partial charge in [0.1, 0.15) is 11.2 Å². The molecule has 1 fully saturated rings. The first-order valence-electron chi connectivity index (χ1n) is 5.50. The van der Waals surface area contributed by atoms with Crippen LogP contribution >= 0.6 is 0 Å². The second-order valence-corrected chi connectivity index (χ2v) is 6.00. The van der Waals surface area contributed by atoms with E-state index in [0.29, 0.717) is 25.9 Å². The largest absolute Gasteiger partial charge is 0.303 e. The van der Waals surface area contributed by atoms with Crippen molar-refractivity contribution >= 4 is 16.3 Å². The molecule has 0 unspecified atom stereocenters. The van der Waals surface area contributed by atoms with Crippen molar-refractivity contribution in [3.8, 4) is 0 Å². The molecule has 0 radical (unpaired) electrons. The maximum absolute atomic E-state index is 12.2. The lowest BCUT2D eigenvalue weighted by Gasteiger charge is -2.28. The minimum Gasteiger partial charge on any atom is -0.303 e. The minimum atomic E-state index is -3.44. The summed E-state index contributed by atoms with van der Waals surface area (Å²) in [6.45, 7) is 0.807. The minimum absolute atomic E-state index is 0.00431. The third-order valence-electron chi connectivity index (χ3n) is 2.96. The van der Waals surface area contributed by atoms with Gasteiger partial charge in [0.15, 0.2) is 0 Å². The van der Waals surface area contributed by atoms with Gasteiger partial charge >= 0.3 is 0 Å². The van der Waals surface area contributed by atoms with Crippen LogP contribution in [-0.2, 0) is 14.8 Å². The highest BCUT2D eigenvalue weighted by atomic mass is 32.2. The number of sulfonamides is 1. The first kappa shape index (κ1) is 12.2. The summed E-state index contributed by atoms with van der Waals surface area (Å²) in [4.78, 5) is 14.6. The summed E-state index contributed by atoms with van der Waals surface area (Å²) in [5.74, 6) is -0.00431. The van der Waals surface area contributed by atoms with E-state index in [1.165, 1.54) is 22.8 Å². The molecule has 6 heteroatoms.